The fraction of sp³-hybridized carbons (Fsp3) is 1.00. The van der Waals surface area contributed by atoms with Crippen molar-refractivity contribution < 1.29 is 5.11 Å². The fourth-order valence-electron chi connectivity index (χ4n) is 3.58. The Morgan fingerprint density at radius 3 is 2.88 bits per heavy atom. The van der Waals surface area contributed by atoms with E-state index in [4.69, 9.17) is 5.73 Å². The number of nitrogens with zero attached hydrogens (tertiary/aromatic N) is 1. The van der Waals surface area contributed by atoms with E-state index in [0.29, 0.717) is 6.04 Å². The Balaban J connectivity index is 1.92. The van der Waals surface area contributed by atoms with Crippen molar-refractivity contribution in [2.24, 2.45) is 11.7 Å². The molecule has 3 heteroatoms. The van der Waals surface area contributed by atoms with Gasteiger partial charge in [-0.1, -0.05) is 13.3 Å². The van der Waals surface area contributed by atoms with Crippen LogP contribution in [0.2, 0.25) is 0 Å². The zero-order valence-corrected chi connectivity index (χ0v) is 11.2. The van der Waals surface area contributed by atoms with E-state index >= 15 is 0 Å². The number of hydrogen-bond donors (Lipinski definition) is 2. The Morgan fingerprint density at radius 1 is 1.35 bits per heavy atom. The summed E-state index contributed by atoms with van der Waals surface area (Å²) in [5, 5.41) is 9.42. The highest BCUT2D eigenvalue weighted by Crippen LogP contribution is 2.32. The summed E-state index contributed by atoms with van der Waals surface area (Å²) in [6.45, 7) is 4.94. The summed E-state index contributed by atoms with van der Waals surface area (Å²) in [4.78, 5) is 2.65. The van der Waals surface area contributed by atoms with Crippen LogP contribution in [0.1, 0.15) is 51.9 Å². The molecule has 17 heavy (non-hydrogen) atoms. The standard InChI is InChI=1S/C14H28N2O/c1-2-12-5-4-8-16(10-12)13-6-3-7-14(15,9-13)11-17/h12-13,17H,2-11,15H2,1H3. The second-order valence-electron chi connectivity index (χ2n) is 6.18. The molecule has 0 bridgehead atoms. The van der Waals surface area contributed by atoms with Gasteiger partial charge in [-0.2, -0.15) is 0 Å². The lowest BCUT2D eigenvalue weighted by atomic mass is 9.79. The van der Waals surface area contributed by atoms with Crippen LogP contribution >= 0.6 is 0 Å². The summed E-state index contributed by atoms with van der Waals surface area (Å²) in [5.74, 6) is 0.881. The van der Waals surface area contributed by atoms with Gasteiger partial charge in [-0.3, -0.25) is 0 Å². The number of piperidine rings is 1. The second kappa shape index (κ2) is 5.68. The van der Waals surface area contributed by atoms with Crippen LogP contribution in [-0.2, 0) is 0 Å². The molecule has 2 fully saturated rings. The largest absolute Gasteiger partial charge is 0.394 e. The van der Waals surface area contributed by atoms with E-state index in [1.54, 1.807) is 0 Å². The van der Waals surface area contributed by atoms with Crippen molar-refractivity contribution in [3.63, 3.8) is 0 Å². The van der Waals surface area contributed by atoms with Crippen LogP contribution in [0, 0.1) is 5.92 Å². The number of hydrogen-bond acceptors (Lipinski definition) is 3. The molecule has 3 atom stereocenters. The minimum Gasteiger partial charge on any atom is -0.394 e. The highest BCUT2D eigenvalue weighted by atomic mass is 16.3. The third-order valence-electron chi connectivity index (χ3n) is 4.81. The molecule has 100 valence electrons. The highest BCUT2D eigenvalue weighted by Gasteiger charge is 2.36. The van der Waals surface area contributed by atoms with Gasteiger partial charge in [0.25, 0.3) is 0 Å². The third-order valence-corrected chi connectivity index (χ3v) is 4.81. The second-order valence-corrected chi connectivity index (χ2v) is 6.18. The van der Waals surface area contributed by atoms with E-state index in [0.717, 1.165) is 18.8 Å². The zero-order chi connectivity index (χ0) is 12.3. The molecule has 2 aliphatic rings. The molecule has 0 amide bonds. The van der Waals surface area contributed by atoms with E-state index in [1.807, 2.05) is 0 Å². The van der Waals surface area contributed by atoms with Crippen LogP contribution in [0.4, 0.5) is 0 Å². The first-order chi connectivity index (χ1) is 8.17. The summed E-state index contributed by atoms with van der Waals surface area (Å²) in [5.41, 5.74) is 5.94. The average molecular weight is 240 g/mol. The normalized spacial score (nSPS) is 40.4. The summed E-state index contributed by atoms with van der Waals surface area (Å²) in [6, 6.07) is 0.621. The quantitative estimate of drug-likeness (QED) is 0.790. The molecule has 1 saturated carbocycles. The lowest BCUT2D eigenvalue weighted by molar-refractivity contribution is 0.0535. The molecule has 1 aliphatic carbocycles. The molecule has 0 aromatic carbocycles. The van der Waals surface area contributed by atoms with Crippen molar-refractivity contribution in [1.82, 2.24) is 4.90 Å². The molecule has 3 unspecified atom stereocenters. The topological polar surface area (TPSA) is 49.5 Å². The molecule has 1 aliphatic heterocycles. The van der Waals surface area contributed by atoms with Crippen molar-refractivity contribution >= 4 is 0 Å². The van der Waals surface area contributed by atoms with Crippen LogP contribution in [0.15, 0.2) is 0 Å². The Morgan fingerprint density at radius 2 is 2.18 bits per heavy atom. The highest BCUT2D eigenvalue weighted by molar-refractivity contribution is 4.94. The molecule has 0 spiro atoms. The molecule has 1 saturated heterocycles. The number of likely N-dealkylation sites (tertiary alicyclic amines) is 1. The maximum absolute atomic E-state index is 9.42. The maximum Gasteiger partial charge on any atom is 0.0611 e. The SMILES string of the molecule is CCC1CCCN(C2CCCC(N)(CO)C2)C1. The van der Waals surface area contributed by atoms with Crippen molar-refractivity contribution in [2.45, 2.75) is 63.5 Å². The van der Waals surface area contributed by atoms with E-state index in [9.17, 15) is 5.11 Å². The number of nitrogens with two attached hydrogens (primary N) is 1. The van der Waals surface area contributed by atoms with Gasteiger partial charge in [0.15, 0.2) is 0 Å². The van der Waals surface area contributed by atoms with Crippen LogP contribution < -0.4 is 5.73 Å². The first kappa shape index (κ1) is 13.3. The molecule has 1 heterocycles. The minimum absolute atomic E-state index is 0.147. The molecule has 0 aromatic heterocycles. The summed E-state index contributed by atoms with van der Waals surface area (Å²) in [7, 11) is 0. The molecule has 3 nitrogen and oxygen atoms in total. The van der Waals surface area contributed by atoms with Gasteiger partial charge in [0.2, 0.25) is 0 Å². The Kier molecular flexibility index (Phi) is 4.45. The zero-order valence-electron chi connectivity index (χ0n) is 11.2. The Bertz CT molecular complexity index is 246. The van der Waals surface area contributed by atoms with Gasteiger partial charge in [-0.15, -0.1) is 0 Å². The lowest BCUT2D eigenvalue weighted by Crippen LogP contribution is -2.54. The van der Waals surface area contributed by atoms with Crippen LogP contribution in [0.25, 0.3) is 0 Å². The van der Waals surface area contributed by atoms with E-state index in [2.05, 4.69) is 11.8 Å². The van der Waals surface area contributed by atoms with Crippen LogP contribution in [0.5, 0.6) is 0 Å². The first-order valence-electron chi connectivity index (χ1n) is 7.30. The van der Waals surface area contributed by atoms with Gasteiger partial charge in [0.05, 0.1) is 6.61 Å². The monoisotopic (exact) mass is 240 g/mol. The predicted octanol–water partition coefficient (Wildman–Crippen LogP) is 1.74. The minimum atomic E-state index is -0.303. The van der Waals surface area contributed by atoms with Crippen molar-refractivity contribution in [3.8, 4) is 0 Å². The van der Waals surface area contributed by atoms with Crippen molar-refractivity contribution in [3.05, 3.63) is 0 Å². The van der Waals surface area contributed by atoms with Crippen molar-refractivity contribution in [1.29, 1.82) is 0 Å². The molecule has 3 N–H and O–H groups in total. The van der Waals surface area contributed by atoms with Crippen LogP contribution in [0.3, 0.4) is 0 Å². The van der Waals surface area contributed by atoms with Crippen molar-refractivity contribution in [2.75, 3.05) is 19.7 Å². The Labute approximate surface area is 105 Å². The smallest absolute Gasteiger partial charge is 0.0611 e. The predicted molar refractivity (Wildman–Crippen MR) is 70.8 cm³/mol. The van der Waals surface area contributed by atoms with Gasteiger partial charge in [0, 0.05) is 18.1 Å². The summed E-state index contributed by atoms with van der Waals surface area (Å²) < 4.78 is 0. The molecular formula is C14H28N2O. The number of aliphatic hydroxyl groups is 1. The van der Waals surface area contributed by atoms with Crippen LogP contribution in [-0.4, -0.2) is 41.3 Å². The first-order valence-corrected chi connectivity index (χ1v) is 7.30. The van der Waals surface area contributed by atoms with Gasteiger partial charge in [-0.05, 0) is 51.0 Å². The molecule has 0 radical (unpaired) electrons. The molecule has 2 rings (SSSR count). The summed E-state index contributed by atoms with van der Waals surface area (Å²) >= 11 is 0. The molecule has 0 aromatic rings. The van der Waals surface area contributed by atoms with E-state index in [-0.39, 0.29) is 12.1 Å². The lowest BCUT2D eigenvalue weighted by Gasteiger charge is -2.44. The number of aliphatic hydroxyl groups excluding tert-OH is 1. The van der Waals surface area contributed by atoms with Gasteiger partial charge in [-0.25, -0.2) is 0 Å². The third kappa shape index (κ3) is 3.21. The molecular weight excluding hydrogens is 212 g/mol. The summed E-state index contributed by atoms with van der Waals surface area (Å²) in [6.07, 6.45) is 8.46. The van der Waals surface area contributed by atoms with E-state index < -0.39 is 0 Å². The Hall–Kier alpha value is -0.120. The number of rotatable bonds is 3. The van der Waals surface area contributed by atoms with Gasteiger partial charge < -0.3 is 15.7 Å². The van der Waals surface area contributed by atoms with Gasteiger partial charge in [0.1, 0.15) is 0 Å². The fourth-order valence-corrected chi connectivity index (χ4v) is 3.58. The van der Waals surface area contributed by atoms with E-state index in [1.165, 1.54) is 45.2 Å². The maximum atomic E-state index is 9.42. The average Bonchev–Trinajstić information content (AvgIpc) is 2.39. The van der Waals surface area contributed by atoms with Gasteiger partial charge >= 0.3 is 0 Å².